The summed E-state index contributed by atoms with van der Waals surface area (Å²) < 4.78 is 18.2. The monoisotopic (exact) mass is 488 g/mol. The number of anilines is 1. The lowest BCUT2D eigenvalue weighted by molar-refractivity contribution is -0.115. The number of hydrogen-bond acceptors (Lipinski definition) is 7. The number of carbonyl (C=O) groups is 1. The standard InChI is InChI=1S/C26H24N4O4S/c1-17-7-10-19(11-8-17)30-25(20-5-3-4-6-21(20)32-2)28-29-26(30)35-14-13-24(31)27-18-9-12-22-23(15-18)34-16-33-22/h3-12,15H,13-14,16H2,1-2H3,(H,27,31). The number of nitrogens with zero attached hydrogens (tertiary/aromatic N) is 3. The predicted octanol–water partition coefficient (Wildman–Crippen LogP) is 5.10. The number of carbonyl (C=O) groups excluding carboxylic acids is 1. The predicted molar refractivity (Wildman–Crippen MR) is 135 cm³/mol. The molecule has 0 saturated carbocycles. The SMILES string of the molecule is COc1ccccc1-c1nnc(SCCC(=O)Nc2ccc3c(c2)OCO3)n1-c1ccc(C)cc1. The summed E-state index contributed by atoms with van der Waals surface area (Å²) in [5, 5.41) is 12.5. The van der Waals surface area contributed by atoms with Gasteiger partial charge in [0, 0.05) is 29.6 Å². The lowest BCUT2D eigenvalue weighted by atomic mass is 10.1. The molecule has 2 heterocycles. The molecule has 1 N–H and O–H groups in total. The second kappa shape index (κ2) is 10.1. The minimum atomic E-state index is -0.0947. The lowest BCUT2D eigenvalue weighted by Crippen LogP contribution is -2.12. The number of aryl methyl sites for hydroxylation is 1. The minimum absolute atomic E-state index is 0.0947. The van der Waals surface area contributed by atoms with Gasteiger partial charge in [0.15, 0.2) is 22.5 Å². The van der Waals surface area contributed by atoms with Crippen molar-refractivity contribution < 1.29 is 19.0 Å². The van der Waals surface area contributed by atoms with Crippen molar-refractivity contribution in [2.75, 3.05) is 25.0 Å². The highest BCUT2D eigenvalue weighted by Crippen LogP contribution is 2.35. The van der Waals surface area contributed by atoms with Crippen LogP contribution in [0.25, 0.3) is 17.1 Å². The van der Waals surface area contributed by atoms with E-state index in [4.69, 9.17) is 14.2 Å². The molecular weight excluding hydrogens is 464 g/mol. The van der Waals surface area contributed by atoms with E-state index in [1.165, 1.54) is 11.8 Å². The quantitative estimate of drug-likeness (QED) is 0.345. The van der Waals surface area contributed by atoms with E-state index < -0.39 is 0 Å². The topological polar surface area (TPSA) is 87.5 Å². The van der Waals surface area contributed by atoms with Crippen molar-refractivity contribution in [1.29, 1.82) is 0 Å². The molecule has 0 radical (unpaired) electrons. The van der Waals surface area contributed by atoms with Gasteiger partial charge in [-0.05, 0) is 43.3 Å². The highest BCUT2D eigenvalue weighted by Gasteiger charge is 2.19. The molecule has 0 saturated heterocycles. The molecule has 0 unspecified atom stereocenters. The van der Waals surface area contributed by atoms with Crippen molar-refractivity contribution in [3.05, 3.63) is 72.3 Å². The first kappa shape index (κ1) is 22.8. The lowest BCUT2D eigenvalue weighted by Gasteiger charge is -2.13. The zero-order valence-corrected chi connectivity index (χ0v) is 20.2. The summed E-state index contributed by atoms with van der Waals surface area (Å²) in [6.07, 6.45) is 0.309. The summed E-state index contributed by atoms with van der Waals surface area (Å²) in [6.45, 7) is 2.24. The third-order valence-electron chi connectivity index (χ3n) is 5.49. The third kappa shape index (κ3) is 4.95. The molecule has 0 aliphatic carbocycles. The number of aromatic nitrogens is 3. The summed E-state index contributed by atoms with van der Waals surface area (Å²) in [6, 6.07) is 21.2. The fourth-order valence-corrected chi connectivity index (χ4v) is 4.62. The van der Waals surface area contributed by atoms with Crippen molar-refractivity contribution in [1.82, 2.24) is 14.8 Å². The Morgan fingerprint density at radius 3 is 2.69 bits per heavy atom. The molecule has 3 aromatic carbocycles. The summed E-state index contributed by atoms with van der Waals surface area (Å²) in [5.74, 6) is 3.15. The number of nitrogens with one attached hydrogen (secondary N) is 1. The zero-order valence-electron chi connectivity index (χ0n) is 19.4. The maximum atomic E-state index is 12.5. The van der Waals surface area contributed by atoms with Crippen LogP contribution in [0.1, 0.15) is 12.0 Å². The van der Waals surface area contributed by atoms with Crippen LogP contribution >= 0.6 is 11.8 Å². The molecule has 0 atom stereocenters. The molecule has 1 amide bonds. The normalized spacial score (nSPS) is 11.9. The molecule has 1 aliphatic rings. The van der Waals surface area contributed by atoms with Gasteiger partial charge in [0.1, 0.15) is 5.75 Å². The fourth-order valence-electron chi connectivity index (χ4n) is 3.73. The number of thioether (sulfide) groups is 1. The summed E-state index contributed by atoms with van der Waals surface area (Å²) in [4.78, 5) is 12.5. The van der Waals surface area contributed by atoms with E-state index in [9.17, 15) is 4.79 Å². The highest BCUT2D eigenvalue weighted by atomic mass is 32.2. The Morgan fingerprint density at radius 2 is 1.86 bits per heavy atom. The summed E-state index contributed by atoms with van der Waals surface area (Å²) in [7, 11) is 1.64. The molecule has 5 rings (SSSR count). The highest BCUT2D eigenvalue weighted by molar-refractivity contribution is 7.99. The molecule has 8 nitrogen and oxygen atoms in total. The van der Waals surface area contributed by atoms with Crippen LogP contribution in [0, 0.1) is 6.92 Å². The number of rotatable bonds is 8. The second-order valence-electron chi connectivity index (χ2n) is 7.89. The Morgan fingerprint density at radius 1 is 1.06 bits per heavy atom. The average molecular weight is 489 g/mol. The number of para-hydroxylation sites is 1. The molecule has 0 bridgehead atoms. The molecular formula is C26H24N4O4S. The van der Waals surface area contributed by atoms with Gasteiger partial charge in [-0.25, -0.2) is 0 Å². The maximum absolute atomic E-state index is 12.5. The van der Waals surface area contributed by atoms with E-state index >= 15 is 0 Å². The molecule has 1 aromatic heterocycles. The summed E-state index contributed by atoms with van der Waals surface area (Å²) >= 11 is 1.48. The third-order valence-corrected chi connectivity index (χ3v) is 6.42. The minimum Gasteiger partial charge on any atom is -0.496 e. The maximum Gasteiger partial charge on any atom is 0.231 e. The van der Waals surface area contributed by atoms with Gasteiger partial charge in [0.25, 0.3) is 0 Å². The van der Waals surface area contributed by atoms with Crippen LogP contribution in [0.4, 0.5) is 5.69 Å². The second-order valence-corrected chi connectivity index (χ2v) is 8.95. The van der Waals surface area contributed by atoms with E-state index in [0.29, 0.717) is 46.1 Å². The van der Waals surface area contributed by atoms with Gasteiger partial charge in [0.2, 0.25) is 12.7 Å². The number of hydrogen-bond donors (Lipinski definition) is 1. The Kier molecular flexibility index (Phi) is 6.58. The van der Waals surface area contributed by atoms with Gasteiger partial charge in [-0.2, -0.15) is 0 Å². The zero-order chi connectivity index (χ0) is 24.2. The molecule has 0 spiro atoms. The number of ether oxygens (including phenoxy) is 3. The van der Waals surface area contributed by atoms with Crippen molar-refractivity contribution in [2.24, 2.45) is 0 Å². The smallest absolute Gasteiger partial charge is 0.231 e. The van der Waals surface area contributed by atoms with Gasteiger partial charge in [-0.15, -0.1) is 10.2 Å². The molecule has 9 heteroatoms. The first-order valence-electron chi connectivity index (χ1n) is 11.1. The van der Waals surface area contributed by atoms with E-state index in [1.807, 2.05) is 47.9 Å². The van der Waals surface area contributed by atoms with Crippen molar-refractivity contribution in [3.63, 3.8) is 0 Å². The van der Waals surface area contributed by atoms with Gasteiger partial charge in [-0.1, -0.05) is 41.6 Å². The first-order chi connectivity index (χ1) is 17.1. The Bertz CT molecular complexity index is 1350. The largest absolute Gasteiger partial charge is 0.496 e. The van der Waals surface area contributed by atoms with Crippen molar-refractivity contribution in [2.45, 2.75) is 18.5 Å². The van der Waals surface area contributed by atoms with Crippen LogP contribution in [-0.4, -0.2) is 40.3 Å². The van der Waals surface area contributed by atoms with E-state index in [-0.39, 0.29) is 12.7 Å². The average Bonchev–Trinajstić information content (AvgIpc) is 3.51. The van der Waals surface area contributed by atoms with E-state index in [0.717, 1.165) is 16.8 Å². The molecule has 35 heavy (non-hydrogen) atoms. The van der Waals surface area contributed by atoms with Gasteiger partial charge in [-0.3, -0.25) is 9.36 Å². The first-order valence-corrected chi connectivity index (χ1v) is 12.1. The van der Waals surface area contributed by atoms with Crippen molar-refractivity contribution >= 4 is 23.4 Å². The van der Waals surface area contributed by atoms with Crippen LogP contribution in [0.3, 0.4) is 0 Å². The Hall–Kier alpha value is -3.98. The molecule has 0 fully saturated rings. The van der Waals surface area contributed by atoms with Crippen LogP contribution in [0.15, 0.2) is 71.9 Å². The number of benzene rings is 3. The van der Waals surface area contributed by atoms with Crippen molar-refractivity contribution in [3.8, 4) is 34.3 Å². The number of fused-ring (bicyclic) bond motifs is 1. The molecule has 1 aliphatic heterocycles. The number of methoxy groups -OCH3 is 1. The van der Waals surface area contributed by atoms with Gasteiger partial charge < -0.3 is 19.5 Å². The van der Waals surface area contributed by atoms with Crippen LogP contribution in [-0.2, 0) is 4.79 Å². The number of amides is 1. The molecule has 178 valence electrons. The molecule has 4 aromatic rings. The van der Waals surface area contributed by atoms with Gasteiger partial charge in [0.05, 0.1) is 12.7 Å². The van der Waals surface area contributed by atoms with Crippen LogP contribution in [0.2, 0.25) is 0 Å². The van der Waals surface area contributed by atoms with E-state index in [2.05, 4.69) is 27.6 Å². The summed E-state index contributed by atoms with van der Waals surface area (Å²) in [5.41, 5.74) is 3.62. The fraction of sp³-hybridized carbons (Fsp3) is 0.192. The van der Waals surface area contributed by atoms with E-state index in [1.54, 1.807) is 25.3 Å². The Balaban J connectivity index is 1.33. The van der Waals surface area contributed by atoms with Crippen LogP contribution in [0.5, 0.6) is 17.2 Å². The van der Waals surface area contributed by atoms with Gasteiger partial charge >= 0.3 is 0 Å². The Labute approximate surface area is 207 Å². The van der Waals surface area contributed by atoms with Crippen LogP contribution < -0.4 is 19.5 Å².